The van der Waals surface area contributed by atoms with Gasteiger partial charge in [-0.2, -0.15) is 0 Å². The molecular formula is C9H18N2. The van der Waals surface area contributed by atoms with Crippen LogP contribution in [0.3, 0.4) is 0 Å². The van der Waals surface area contributed by atoms with Crippen molar-refractivity contribution in [3.8, 4) is 0 Å². The third kappa shape index (κ3) is 1.57. The Bertz CT molecular complexity index is 124. The van der Waals surface area contributed by atoms with Gasteiger partial charge in [0.1, 0.15) is 0 Å². The highest BCUT2D eigenvalue weighted by Gasteiger charge is 2.29. The largest absolute Gasteiger partial charge is 0.316 e. The number of likely N-dealkylation sites (tertiary alicyclic amines) is 1. The molecule has 2 saturated heterocycles. The normalized spacial score (nSPS) is 39.0. The van der Waals surface area contributed by atoms with Crippen LogP contribution in [0.5, 0.6) is 0 Å². The van der Waals surface area contributed by atoms with Crippen LogP contribution in [0.1, 0.15) is 13.3 Å². The fraction of sp³-hybridized carbons (Fsp3) is 1.00. The van der Waals surface area contributed by atoms with E-state index in [1.807, 2.05) is 0 Å². The molecular weight excluding hydrogens is 136 g/mol. The fourth-order valence-electron chi connectivity index (χ4n) is 2.47. The van der Waals surface area contributed by atoms with Gasteiger partial charge < -0.3 is 10.2 Å². The van der Waals surface area contributed by atoms with Gasteiger partial charge in [-0.25, -0.2) is 0 Å². The fourth-order valence-corrected chi connectivity index (χ4v) is 2.47. The Labute approximate surface area is 69.0 Å². The summed E-state index contributed by atoms with van der Waals surface area (Å²) in [6, 6.07) is 0. The van der Waals surface area contributed by atoms with E-state index in [0.29, 0.717) is 0 Å². The molecule has 2 rings (SSSR count). The van der Waals surface area contributed by atoms with Crippen LogP contribution in [-0.4, -0.2) is 37.6 Å². The van der Waals surface area contributed by atoms with Crippen LogP contribution in [0.25, 0.3) is 0 Å². The van der Waals surface area contributed by atoms with E-state index < -0.39 is 0 Å². The molecule has 2 bridgehead atoms. The number of nitrogens with one attached hydrogen (secondary N) is 1. The summed E-state index contributed by atoms with van der Waals surface area (Å²) in [6.45, 7) is 8.70. The molecule has 0 aromatic carbocycles. The van der Waals surface area contributed by atoms with E-state index in [4.69, 9.17) is 0 Å². The molecule has 0 unspecified atom stereocenters. The summed E-state index contributed by atoms with van der Waals surface area (Å²) >= 11 is 0. The molecule has 2 atom stereocenters. The van der Waals surface area contributed by atoms with Gasteiger partial charge in [0.25, 0.3) is 0 Å². The maximum Gasteiger partial charge on any atom is 0.00219 e. The molecule has 2 aliphatic heterocycles. The van der Waals surface area contributed by atoms with Gasteiger partial charge >= 0.3 is 0 Å². The molecule has 2 aliphatic rings. The monoisotopic (exact) mass is 154 g/mol. The summed E-state index contributed by atoms with van der Waals surface area (Å²) in [5, 5.41) is 3.50. The first-order valence-corrected chi connectivity index (χ1v) is 4.81. The minimum atomic E-state index is 0.947. The number of nitrogens with zero attached hydrogens (tertiary/aromatic N) is 1. The second kappa shape index (κ2) is 3.11. The van der Waals surface area contributed by atoms with Gasteiger partial charge in [0.05, 0.1) is 0 Å². The van der Waals surface area contributed by atoms with E-state index in [1.165, 1.54) is 39.1 Å². The Kier molecular flexibility index (Phi) is 2.14. The number of fused-ring (bicyclic) bond motifs is 2. The maximum absolute atomic E-state index is 3.50. The van der Waals surface area contributed by atoms with Gasteiger partial charge in [0, 0.05) is 13.1 Å². The van der Waals surface area contributed by atoms with Gasteiger partial charge in [-0.05, 0) is 37.9 Å². The Morgan fingerprint density at radius 1 is 1.27 bits per heavy atom. The van der Waals surface area contributed by atoms with Gasteiger partial charge in [-0.3, -0.25) is 0 Å². The quantitative estimate of drug-likeness (QED) is 0.593. The molecule has 2 heteroatoms. The second-order valence-corrected chi connectivity index (χ2v) is 3.98. The van der Waals surface area contributed by atoms with E-state index in [0.717, 1.165) is 11.8 Å². The van der Waals surface area contributed by atoms with Crippen molar-refractivity contribution in [1.82, 2.24) is 10.2 Å². The van der Waals surface area contributed by atoms with Crippen molar-refractivity contribution < 1.29 is 0 Å². The summed E-state index contributed by atoms with van der Waals surface area (Å²) in [5.41, 5.74) is 0. The zero-order valence-electron chi connectivity index (χ0n) is 7.34. The summed E-state index contributed by atoms with van der Waals surface area (Å²) in [5.74, 6) is 1.89. The summed E-state index contributed by atoms with van der Waals surface area (Å²) in [6.07, 6.45) is 1.48. The van der Waals surface area contributed by atoms with Crippen LogP contribution in [0.15, 0.2) is 0 Å². The van der Waals surface area contributed by atoms with Crippen molar-refractivity contribution in [2.24, 2.45) is 11.8 Å². The van der Waals surface area contributed by atoms with E-state index >= 15 is 0 Å². The average molecular weight is 154 g/mol. The topological polar surface area (TPSA) is 15.3 Å². The Morgan fingerprint density at radius 2 is 1.91 bits per heavy atom. The number of piperidine rings is 2. The van der Waals surface area contributed by atoms with Crippen molar-refractivity contribution in [2.45, 2.75) is 13.3 Å². The number of hydrogen-bond donors (Lipinski definition) is 1. The molecule has 0 saturated carbocycles. The molecule has 0 aromatic rings. The highest BCUT2D eigenvalue weighted by molar-refractivity contribution is 4.84. The Balaban J connectivity index is 1.94. The van der Waals surface area contributed by atoms with Crippen LogP contribution in [0.2, 0.25) is 0 Å². The third-order valence-electron chi connectivity index (χ3n) is 3.01. The van der Waals surface area contributed by atoms with Gasteiger partial charge in [0.2, 0.25) is 0 Å². The highest BCUT2D eigenvalue weighted by atomic mass is 15.1. The van der Waals surface area contributed by atoms with Crippen molar-refractivity contribution in [2.75, 3.05) is 32.7 Å². The van der Waals surface area contributed by atoms with E-state index in [9.17, 15) is 0 Å². The average Bonchev–Trinajstić information content (AvgIpc) is 2.03. The molecule has 11 heavy (non-hydrogen) atoms. The van der Waals surface area contributed by atoms with E-state index in [2.05, 4.69) is 17.1 Å². The summed E-state index contributed by atoms with van der Waals surface area (Å²) in [4.78, 5) is 2.60. The smallest absolute Gasteiger partial charge is 0.00219 e. The Morgan fingerprint density at radius 3 is 2.45 bits per heavy atom. The van der Waals surface area contributed by atoms with Crippen molar-refractivity contribution in [3.63, 3.8) is 0 Å². The van der Waals surface area contributed by atoms with Crippen LogP contribution in [-0.2, 0) is 0 Å². The maximum atomic E-state index is 3.50. The van der Waals surface area contributed by atoms with Crippen LogP contribution in [0.4, 0.5) is 0 Å². The molecule has 0 aromatic heterocycles. The molecule has 64 valence electrons. The molecule has 2 nitrogen and oxygen atoms in total. The molecule has 0 amide bonds. The molecule has 0 spiro atoms. The van der Waals surface area contributed by atoms with Crippen LogP contribution >= 0.6 is 0 Å². The van der Waals surface area contributed by atoms with Gasteiger partial charge in [0.15, 0.2) is 0 Å². The predicted molar refractivity (Wildman–Crippen MR) is 46.6 cm³/mol. The van der Waals surface area contributed by atoms with E-state index in [1.54, 1.807) is 0 Å². The first-order chi connectivity index (χ1) is 5.38. The predicted octanol–water partition coefficient (Wildman–Crippen LogP) is 0.548. The van der Waals surface area contributed by atoms with Crippen molar-refractivity contribution >= 4 is 0 Å². The summed E-state index contributed by atoms with van der Waals surface area (Å²) < 4.78 is 0. The Hall–Kier alpha value is -0.0800. The third-order valence-corrected chi connectivity index (χ3v) is 3.01. The lowest BCUT2D eigenvalue weighted by Crippen LogP contribution is -2.50. The van der Waals surface area contributed by atoms with E-state index in [-0.39, 0.29) is 0 Å². The zero-order chi connectivity index (χ0) is 7.68. The zero-order valence-corrected chi connectivity index (χ0v) is 7.34. The SMILES string of the molecule is CCN1C[C@@H]2CNC[C@@H](C2)C1. The van der Waals surface area contributed by atoms with Crippen LogP contribution in [0, 0.1) is 11.8 Å². The lowest BCUT2D eigenvalue weighted by Gasteiger charge is -2.41. The molecule has 2 fully saturated rings. The van der Waals surface area contributed by atoms with Crippen molar-refractivity contribution in [3.05, 3.63) is 0 Å². The molecule has 0 aliphatic carbocycles. The van der Waals surface area contributed by atoms with Crippen LogP contribution < -0.4 is 5.32 Å². The number of rotatable bonds is 1. The highest BCUT2D eigenvalue weighted by Crippen LogP contribution is 2.23. The summed E-state index contributed by atoms with van der Waals surface area (Å²) in [7, 11) is 0. The first-order valence-electron chi connectivity index (χ1n) is 4.81. The number of hydrogen-bond acceptors (Lipinski definition) is 2. The lowest BCUT2D eigenvalue weighted by molar-refractivity contribution is 0.102. The molecule has 2 heterocycles. The lowest BCUT2D eigenvalue weighted by atomic mass is 9.86. The first kappa shape index (κ1) is 7.56. The van der Waals surface area contributed by atoms with Crippen molar-refractivity contribution in [1.29, 1.82) is 0 Å². The molecule has 0 radical (unpaired) electrons. The standard InChI is InChI=1S/C9H18N2/c1-2-11-6-8-3-9(7-11)5-10-4-8/h8-10H,2-7H2,1H3/t8-,9+. The minimum absolute atomic E-state index is 0.947. The second-order valence-electron chi connectivity index (χ2n) is 3.98. The van der Waals surface area contributed by atoms with Gasteiger partial charge in [-0.15, -0.1) is 0 Å². The minimum Gasteiger partial charge on any atom is -0.316 e. The van der Waals surface area contributed by atoms with Gasteiger partial charge in [-0.1, -0.05) is 6.92 Å². The molecule has 1 N–H and O–H groups in total.